The molecule has 0 fully saturated rings. The molecule has 2 aromatic rings. The van der Waals surface area contributed by atoms with E-state index in [4.69, 9.17) is 4.74 Å². The first kappa shape index (κ1) is 13.6. The Morgan fingerprint density at radius 1 is 1.11 bits per heavy atom. The average molecular weight is 320 g/mol. The topological polar surface area (TPSA) is 38.3 Å². The molecular formula is C15H14BrNO2. The van der Waals surface area contributed by atoms with E-state index < -0.39 is 0 Å². The van der Waals surface area contributed by atoms with Gasteiger partial charge in [0, 0.05) is 15.7 Å². The molecule has 0 aliphatic rings. The summed E-state index contributed by atoms with van der Waals surface area (Å²) in [5, 5.41) is 2.84. The first-order valence-electron chi connectivity index (χ1n) is 5.99. The number of hydrogen-bond acceptors (Lipinski definition) is 2. The van der Waals surface area contributed by atoms with Gasteiger partial charge in [-0.3, -0.25) is 4.79 Å². The fourth-order valence-electron chi connectivity index (χ4n) is 1.61. The van der Waals surface area contributed by atoms with Crippen LogP contribution in [0.2, 0.25) is 0 Å². The van der Waals surface area contributed by atoms with Gasteiger partial charge in [-0.15, -0.1) is 0 Å². The summed E-state index contributed by atoms with van der Waals surface area (Å²) in [5.41, 5.74) is 1.37. The van der Waals surface area contributed by atoms with Crippen molar-refractivity contribution in [3.63, 3.8) is 0 Å². The number of halogens is 1. The zero-order valence-corrected chi connectivity index (χ0v) is 12.1. The van der Waals surface area contributed by atoms with E-state index >= 15 is 0 Å². The molecule has 98 valence electrons. The second-order valence-electron chi connectivity index (χ2n) is 3.92. The quantitative estimate of drug-likeness (QED) is 0.921. The van der Waals surface area contributed by atoms with E-state index in [1.165, 1.54) is 0 Å². The lowest BCUT2D eigenvalue weighted by atomic mass is 10.2. The van der Waals surface area contributed by atoms with Gasteiger partial charge in [0.1, 0.15) is 5.75 Å². The molecule has 0 spiro atoms. The normalized spacial score (nSPS) is 10.0. The van der Waals surface area contributed by atoms with Crippen LogP contribution in [0.3, 0.4) is 0 Å². The van der Waals surface area contributed by atoms with Crippen molar-refractivity contribution in [2.24, 2.45) is 0 Å². The maximum absolute atomic E-state index is 12.0. The predicted octanol–water partition coefficient (Wildman–Crippen LogP) is 4.10. The molecule has 2 aromatic carbocycles. The molecule has 0 aliphatic carbocycles. The number of nitrogens with one attached hydrogen (secondary N) is 1. The van der Waals surface area contributed by atoms with Crippen LogP contribution in [0.4, 0.5) is 5.69 Å². The Kier molecular flexibility index (Phi) is 4.58. The van der Waals surface area contributed by atoms with Gasteiger partial charge in [0.25, 0.3) is 5.91 Å². The molecule has 0 heterocycles. The molecule has 1 N–H and O–H groups in total. The molecule has 0 atom stereocenters. The second kappa shape index (κ2) is 6.38. The standard InChI is InChI=1S/C15H14BrNO2/c1-2-19-14-9-7-13(8-10-14)17-15(18)11-3-5-12(16)6-4-11/h3-10H,2H2,1H3,(H,17,18). The summed E-state index contributed by atoms with van der Waals surface area (Å²) < 4.78 is 6.29. The Bertz CT molecular complexity index is 549. The van der Waals surface area contributed by atoms with E-state index in [9.17, 15) is 4.79 Å². The largest absolute Gasteiger partial charge is 0.494 e. The molecule has 2 rings (SSSR count). The second-order valence-corrected chi connectivity index (χ2v) is 4.83. The summed E-state index contributed by atoms with van der Waals surface area (Å²) in [6.07, 6.45) is 0. The smallest absolute Gasteiger partial charge is 0.255 e. The van der Waals surface area contributed by atoms with Crippen molar-refractivity contribution in [3.8, 4) is 5.75 Å². The van der Waals surface area contributed by atoms with Crippen LogP contribution in [0.25, 0.3) is 0 Å². The molecule has 0 bridgehead atoms. The van der Waals surface area contributed by atoms with Crippen LogP contribution < -0.4 is 10.1 Å². The fourth-order valence-corrected chi connectivity index (χ4v) is 1.87. The van der Waals surface area contributed by atoms with Gasteiger partial charge in [0.2, 0.25) is 0 Å². The van der Waals surface area contributed by atoms with Crippen LogP contribution >= 0.6 is 15.9 Å². The van der Waals surface area contributed by atoms with Gasteiger partial charge in [-0.2, -0.15) is 0 Å². The van der Waals surface area contributed by atoms with Crippen molar-refractivity contribution >= 4 is 27.5 Å². The molecule has 0 saturated carbocycles. The Labute approximate surface area is 120 Å². The van der Waals surface area contributed by atoms with Gasteiger partial charge in [0.15, 0.2) is 0 Å². The first-order valence-corrected chi connectivity index (χ1v) is 6.78. The number of carbonyl (C=O) groups excluding carboxylic acids is 1. The number of amides is 1. The van der Waals surface area contributed by atoms with Crippen LogP contribution in [-0.4, -0.2) is 12.5 Å². The van der Waals surface area contributed by atoms with E-state index in [0.29, 0.717) is 12.2 Å². The van der Waals surface area contributed by atoms with Gasteiger partial charge in [0.05, 0.1) is 6.61 Å². The number of ether oxygens (including phenoxy) is 1. The minimum absolute atomic E-state index is 0.128. The number of carbonyl (C=O) groups is 1. The van der Waals surface area contributed by atoms with E-state index in [0.717, 1.165) is 15.9 Å². The molecule has 19 heavy (non-hydrogen) atoms. The third-order valence-corrected chi connectivity index (χ3v) is 3.06. The highest BCUT2D eigenvalue weighted by atomic mass is 79.9. The lowest BCUT2D eigenvalue weighted by Crippen LogP contribution is -2.11. The Hall–Kier alpha value is -1.81. The number of benzene rings is 2. The SMILES string of the molecule is CCOc1ccc(NC(=O)c2ccc(Br)cc2)cc1. The van der Waals surface area contributed by atoms with E-state index in [1.54, 1.807) is 12.1 Å². The Morgan fingerprint density at radius 3 is 2.32 bits per heavy atom. The highest BCUT2D eigenvalue weighted by Crippen LogP contribution is 2.17. The molecule has 0 radical (unpaired) electrons. The maximum atomic E-state index is 12.0. The molecule has 0 aromatic heterocycles. The fraction of sp³-hybridized carbons (Fsp3) is 0.133. The highest BCUT2D eigenvalue weighted by Gasteiger charge is 2.05. The number of hydrogen-bond donors (Lipinski definition) is 1. The lowest BCUT2D eigenvalue weighted by molar-refractivity contribution is 0.102. The Balaban J connectivity index is 2.04. The summed E-state index contributed by atoms with van der Waals surface area (Å²) in [5.74, 6) is 0.667. The molecule has 3 nitrogen and oxygen atoms in total. The maximum Gasteiger partial charge on any atom is 0.255 e. The van der Waals surface area contributed by atoms with Crippen molar-refractivity contribution in [3.05, 3.63) is 58.6 Å². The summed E-state index contributed by atoms with van der Waals surface area (Å²) in [7, 11) is 0. The summed E-state index contributed by atoms with van der Waals surface area (Å²) in [6, 6.07) is 14.5. The third kappa shape index (κ3) is 3.83. The summed E-state index contributed by atoms with van der Waals surface area (Å²) >= 11 is 3.34. The van der Waals surface area contributed by atoms with Crippen molar-refractivity contribution in [1.82, 2.24) is 0 Å². The minimum Gasteiger partial charge on any atom is -0.494 e. The third-order valence-electron chi connectivity index (χ3n) is 2.53. The van der Waals surface area contributed by atoms with Crippen molar-refractivity contribution in [2.45, 2.75) is 6.92 Å². The molecule has 1 amide bonds. The van der Waals surface area contributed by atoms with E-state index in [2.05, 4.69) is 21.2 Å². The zero-order valence-electron chi connectivity index (χ0n) is 10.5. The average Bonchev–Trinajstić information content (AvgIpc) is 2.42. The van der Waals surface area contributed by atoms with Crippen LogP contribution in [0.1, 0.15) is 17.3 Å². The van der Waals surface area contributed by atoms with Crippen LogP contribution in [0, 0.1) is 0 Å². The van der Waals surface area contributed by atoms with Gasteiger partial charge >= 0.3 is 0 Å². The van der Waals surface area contributed by atoms with Crippen LogP contribution in [-0.2, 0) is 0 Å². The van der Waals surface area contributed by atoms with E-state index in [-0.39, 0.29) is 5.91 Å². The summed E-state index contributed by atoms with van der Waals surface area (Å²) in [6.45, 7) is 2.56. The van der Waals surface area contributed by atoms with Gasteiger partial charge < -0.3 is 10.1 Å². The Morgan fingerprint density at radius 2 is 1.74 bits per heavy atom. The van der Waals surface area contributed by atoms with Crippen molar-refractivity contribution in [1.29, 1.82) is 0 Å². The van der Waals surface area contributed by atoms with Crippen molar-refractivity contribution in [2.75, 3.05) is 11.9 Å². The summed E-state index contributed by atoms with van der Waals surface area (Å²) in [4.78, 5) is 12.0. The molecule has 0 aliphatic heterocycles. The number of rotatable bonds is 4. The molecular weight excluding hydrogens is 306 g/mol. The zero-order chi connectivity index (χ0) is 13.7. The monoisotopic (exact) mass is 319 g/mol. The van der Waals surface area contributed by atoms with Crippen LogP contribution in [0.5, 0.6) is 5.75 Å². The molecule has 0 unspecified atom stereocenters. The van der Waals surface area contributed by atoms with Gasteiger partial charge in [-0.25, -0.2) is 0 Å². The number of anilines is 1. The minimum atomic E-state index is -0.128. The molecule has 4 heteroatoms. The first-order chi connectivity index (χ1) is 9.19. The van der Waals surface area contributed by atoms with Gasteiger partial charge in [-0.1, -0.05) is 15.9 Å². The lowest BCUT2D eigenvalue weighted by Gasteiger charge is -2.07. The van der Waals surface area contributed by atoms with Gasteiger partial charge in [-0.05, 0) is 55.5 Å². The predicted molar refractivity (Wildman–Crippen MR) is 79.7 cm³/mol. The van der Waals surface area contributed by atoms with E-state index in [1.807, 2.05) is 43.3 Å². The van der Waals surface area contributed by atoms with Crippen LogP contribution in [0.15, 0.2) is 53.0 Å². The molecule has 0 saturated heterocycles. The highest BCUT2D eigenvalue weighted by molar-refractivity contribution is 9.10. The van der Waals surface area contributed by atoms with Crippen molar-refractivity contribution < 1.29 is 9.53 Å².